The van der Waals surface area contributed by atoms with Crippen LogP contribution in [0.25, 0.3) is 16.6 Å². The van der Waals surface area contributed by atoms with Gasteiger partial charge in [0, 0.05) is 18.1 Å². The van der Waals surface area contributed by atoms with Crippen molar-refractivity contribution in [2.24, 2.45) is 5.92 Å². The normalized spacial score (nSPS) is 18.5. The number of nitrogens with zero attached hydrogens (tertiary/aromatic N) is 2. The number of anilines is 1. The Balaban J connectivity index is 1.64. The minimum Gasteiger partial charge on any atom is -0.396 e. The van der Waals surface area contributed by atoms with Crippen molar-refractivity contribution in [1.82, 2.24) is 9.78 Å². The van der Waals surface area contributed by atoms with Crippen LogP contribution >= 0.6 is 0 Å². The number of aromatic nitrogens is 2. The summed E-state index contributed by atoms with van der Waals surface area (Å²) in [7, 11) is 0. The van der Waals surface area contributed by atoms with Gasteiger partial charge in [-0.2, -0.15) is 0 Å². The molecule has 5 rings (SSSR count). The number of nitrogens with one attached hydrogen (secondary N) is 1. The first-order valence-corrected chi connectivity index (χ1v) is 11.7. The van der Waals surface area contributed by atoms with E-state index in [1.54, 1.807) is 48.2 Å². The molecule has 1 aliphatic rings. The second-order valence-corrected chi connectivity index (χ2v) is 8.87. The molecular weight excluding hydrogens is 442 g/mol. The lowest BCUT2D eigenvalue weighted by Crippen LogP contribution is -2.44. The number of para-hydroxylation sites is 1. The van der Waals surface area contributed by atoms with E-state index in [0.29, 0.717) is 40.8 Å². The topological polar surface area (TPSA) is 98.6 Å². The van der Waals surface area contributed by atoms with E-state index in [9.17, 15) is 14.7 Å². The Labute approximate surface area is 202 Å². The molecule has 7 nitrogen and oxygen atoms in total. The molecule has 35 heavy (non-hydrogen) atoms. The van der Waals surface area contributed by atoms with E-state index in [1.807, 2.05) is 48.5 Å². The van der Waals surface area contributed by atoms with Crippen molar-refractivity contribution in [3.05, 3.63) is 106 Å². The molecule has 1 amide bonds. The van der Waals surface area contributed by atoms with E-state index in [-0.39, 0.29) is 12.2 Å². The molecule has 3 aromatic carbocycles. The SMILES string of the molecule is C[C@@H](/C=C/CCO)[C@]1(O)C(=O)N(Cc2ccccc2)c2ccc(-n3[nH]c4ccccc4c3=O)cc21. The standard InChI is InChI=1S/C28H27N3O4/c1-19(9-7-8-16-32)28(35)23-17-21(31-26(33)22-12-5-6-13-24(22)29-31)14-15-25(23)30(27(28)34)18-20-10-3-2-4-11-20/h2-7,9-15,17,19,29,32,35H,8,16,18H2,1H3/b9-7+/t19-,28+/m0/s1. The monoisotopic (exact) mass is 469 g/mol. The van der Waals surface area contributed by atoms with Crippen LogP contribution in [0, 0.1) is 5.92 Å². The Morgan fingerprint density at radius 1 is 1.03 bits per heavy atom. The molecule has 0 aliphatic carbocycles. The number of hydrogen-bond donors (Lipinski definition) is 3. The predicted octanol–water partition coefficient (Wildman–Crippen LogP) is 3.63. The number of fused-ring (bicyclic) bond motifs is 2. The summed E-state index contributed by atoms with van der Waals surface area (Å²) in [6, 6.07) is 22.1. The number of hydrogen-bond acceptors (Lipinski definition) is 4. The minimum atomic E-state index is -1.82. The van der Waals surface area contributed by atoms with Crippen LogP contribution in [-0.4, -0.2) is 32.5 Å². The van der Waals surface area contributed by atoms with Crippen LogP contribution in [0.2, 0.25) is 0 Å². The van der Waals surface area contributed by atoms with Crippen LogP contribution < -0.4 is 10.5 Å². The highest BCUT2D eigenvalue weighted by Crippen LogP contribution is 2.46. The molecule has 7 heteroatoms. The van der Waals surface area contributed by atoms with Crippen LogP contribution in [-0.2, 0) is 16.9 Å². The van der Waals surface area contributed by atoms with E-state index >= 15 is 0 Å². The maximum absolute atomic E-state index is 13.7. The van der Waals surface area contributed by atoms with Crippen molar-refractivity contribution in [3.63, 3.8) is 0 Å². The highest BCUT2D eigenvalue weighted by atomic mass is 16.3. The van der Waals surface area contributed by atoms with Crippen LogP contribution in [0.15, 0.2) is 89.7 Å². The number of aliphatic hydroxyl groups is 2. The summed E-state index contributed by atoms with van der Waals surface area (Å²) in [5.74, 6) is -0.977. The second-order valence-electron chi connectivity index (χ2n) is 8.87. The van der Waals surface area contributed by atoms with Crippen LogP contribution in [0.1, 0.15) is 24.5 Å². The highest BCUT2D eigenvalue weighted by molar-refractivity contribution is 6.07. The smallest absolute Gasteiger partial charge is 0.279 e. The van der Waals surface area contributed by atoms with Gasteiger partial charge in [-0.1, -0.05) is 61.5 Å². The van der Waals surface area contributed by atoms with E-state index in [1.165, 1.54) is 4.68 Å². The van der Waals surface area contributed by atoms with Crippen molar-refractivity contribution in [3.8, 4) is 5.69 Å². The number of benzene rings is 3. The Morgan fingerprint density at radius 2 is 1.77 bits per heavy atom. The number of carbonyl (C=O) groups excluding carboxylic acids is 1. The zero-order valence-electron chi connectivity index (χ0n) is 19.4. The lowest BCUT2D eigenvalue weighted by atomic mass is 9.82. The van der Waals surface area contributed by atoms with Crippen LogP contribution in [0.5, 0.6) is 0 Å². The quantitative estimate of drug-likeness (QED) is 0.360. The van der Waals surface area contributed by atoms with Gasteiger partial charge in [-0.3, -0.25) is 14.7 Å². The summed E-state index contributed by atoms with van der Waals surface area (Å²) in [6.07, 6.45) is 3.95. The number of aromatic amines is 1. The van der Waals surface area contributed by atoms with Crippen LogP contribution in [0.4, 0.5) is 5.69 Å². The Hall–Kier alpha value is -3.94. The number of aliphatic hydroxyl groups excluding tert-OH is 1. The van der Waals surface area contributed by atoms with Crippen molar-refractivity contribution >= 4 is 22.5 Å². The molecule has 0 spiro atoms. The Bertz CT molecular complexity index is 1470. The average Bonchev–Trinajstić information content (AvgIpc) is 3.33. The average molecular weight is 470 g/mol. The van der Waals surface area contributed by atoms with Crippen LogP contribution in [0.3, 0.4) is 0 Å². The van der Waals surface area contributed by atoms with Gasteiger partial charge in [0.2, 0.25) is 0 Å². The predicted molar refractivity (Wildman–Crippen MR) is 135 cm³/mol. The van der Waals surface area contributed by atoms with Gasteiger partial charge in [0.25, 0.3) is 11.5 Å². The molecule has 1 aromatic heterocycles. The molecule has 3 N–H and O–H groups in total. The van der Waals surface area contributed by atoms with Crippen molar-refractivity contribution < 1.29 is 15.0 Å². The summed E-state index contributed by atoms with van der Waals surface area (Å²) in [4.78, 5) is 28.4. The van der Waals surface area contributed by atoms with Crippen molar-refractivity contribution in [2.45, 2.75) is 25.5 Å². The zero-order chi connectivity index (χ0) is 24.6. The third-order valence-corrected chi connectivity index (χ3v) is 6.67. The van der Waals surface area contributed by atoms with E-state index in [2.05, 4.69) is 5.10 Å². The molecule has 178 valence electrons. The van der Waals surface area contributed by atoms with Gasteiger partial charge in [0.15, 0.2) is 5.60 Å². The maximum atomic E-state index is 13.7. The number of rotatable bonds is 7. The number of carbonyl (C=O) groups is 1. The molecule has 1 aliphatic heterocycles. The number of H-pyrrole nitrogens is 1. The van der Waals surface area contributed by atoms with E-state index in [4.69, 9.17) is 5.11 Å². The molecule has 0 saturated heterocycles. The lowest BCUT2D eigenvalue weighted by Gasteiger charge is -2.28. The fourth-order valence-corrected chi connectivity index (χ4v) is 4.75. The highest BCUT2D eigenvalue weighted by Gasteiger charge is 2.52. The number of amides is 1. The van der Waals surface area contributed by atoms with Gasteiger partial charge >= 0.3 is 0 Å². The first-order chi connectivity index (χ1) is 16.9. The molecule has 2 atom stereocenters. The Kier molecular flexibility index (Phi) is 5.88. The molecule has 0 saturated carbocycles. The first-order valence-electron chi connectivity index (χ1n) is 11.7. The van der Waals surface area contributed by atoms with Crippen molar-refractivity contribution in [2.75, 3.05) is 11.5 Å². The van der Waals surface area contributed by atoms with Gasteiger partial charge in [-0.15, -0.1) is 0 Å². The van der Waals surface area contributed by atoms with Gasteiger partial charge < -0.3 is 15.1 Å². The largest absolute Gasteiger partial charge is 0.396 e. The third kappa shape index (κ3) is 3.79. The molecule has 0 fully saturated rings. The molecule has 0 unspecified atom stereocenters. The summed E-state index contributed by atoms with van der Waals surface area (Å²) in [6.45, 7) is 2.08. The zero-order valence-corrected chi connectivity index (χ0v) is 19.4. The van der Waals surface area contributed by atoms with E-state index in [0.717, 1.165) is 5.56 Å². The lowest BCUT2D eigenvalue weighted by molar-refractivity contribution is -0.139. The van der Waals surface area contributed by atoms with Gasteiger partial charge in [-0.05, 0) is 42.3 Å². The van der Waals surface area contributed by atoms with Gasteiger partial charge in [0.05, 0.1) is 28.8 Å². The summed E-state index contributed by atoms with van der Waals surface area (Å²) in [5, 5.41) is 24.7. The fraction of sp³-hybridized carbons (Fsp3) is 0.214. The third-order valence-electron chi connectivity index (χ3n) is 6.67. The fourth-order valence-electron chi connectivity index (χ4n) is 4.75. The Morgan fingerprint density at radius 3 is 2.51 bits per heavy atom. The molecule has 0 bridgehead atoms. The summed E-state index contributed by atoms with van der Waals surface area (Å²) >= 11 is 0. The molecule has 4 aromatic rings. The van der Waals surface area contributed by atoms with Gasteiger partial charge in [0.1, 0.15) is 0 Å². The van der Waals surface area contributed by atoms with Gasteiger partial charge in [-0.25, -0.2) is 4.68 Å². The van der Waals surface area contributed by atoms with E-state index < -0.39 is 17.4 Å². The molecule has 0 radical (unpaired) electrons. The maximum Gasteiger partial charge on any atom is 0.279 e. The molecular formula is C28H27N3O4. The second kappa shape index (κ2) is 9.02. The summed E-state index contributed by atoms with van der Waals surface area (Å²) in [5.41, 5.74) is 1.21. The minimum absolute atomic E-state index is 0.0141. The summed E-state index contributed by atoms with van der Waals surface area (Å²) < 4.78 is 1.43. The first kappa shape index (κ1) is 22.8. The molecule has 2 heterocycles. The van der Waals surface area contributed by atoms with Crippen molar-refractivity contribution in [1.29, 1.82) is 0 Å².